The van der Waals surface area contributed by atoms with Crippen molar-refractivity contribution < 1.29 is 4.79 Å². The molecule has 10 heteroatoms. The molecule has 120 valence electrons. The van der Waals surface area contributed by atoms with E-state index in [2.05, 4.69) is 48.6 Å². The van der Waals surface area contributed by atoms with Gasteiger partial charge < -0.3 is 5.32 Å². The molecular weight excluding hydrogens is 415 g/mol. The van der Waals surface area contributed by atoms with Gasteiger partial charge in [-0.25, -0.2) is 15.3 Å². The number of hydrogen-bond donors (Lipinski definition) is 4. The number of nitrogens with one attached hydrogen (secondary N) is 4. The van der Waals surface area contributed by atoms with E-state index in [-0.39, 0.29) is 5.82 Å². The van der Waals surface area contributed by atoms with Crippen LogP contribution in [0.2, 0.25) is 0 Å². The van der Waals surface area contributed by atoms with Gasteiger partial charge in [0.05, 0.1) is 6.21 Å². The Morgan fingerprint density at radius 1 is 1.39 bits per heavy atom. The second-order valence-electron chi connectivity index (χ2n) is 4.48. The SMILES string of the molecule is C[C@@H](Nc1n[nH]c(=O)[nH]c1=O)C(=O)N/N=C\c1ccccc1I. The first-order valence-corrected chi connectivity index (χ1v) is 7.58. The predicted molar refractivity (Wildman–Crippen MR) is 93.5 cm³/mol. The van der Waals surface area contributed by atoms with Crippen LogP contribution in [0.4, 0.5) is 5.82 Å². The molecule has 0 aliphatic heterocycles. The Hall–Kier alpha value is -2.50. The molecule has 2 aromatic rings. The molecule has 0 aliphatic rings. The number of carbonyl (C=O) groups is 1. The molecule has 0 fully saturated rings. The van der Waals surface area contributed by atoms with E-state index in [0.29, 0.717) is 0 Å². The summed E-state index contributed by atoms with van der Waals surface area (Å²) in [5.41, 5.74) is 1.80. The lowest BCUT2D eigenvalue weighted by molar-refractivity contribution is -0.121. The normalized spacial score (nSPS) is 12.1. The highest BCUT2D eigenvalue weighted by Crippen LogP contribution is 2.08. The zero-order valence-corrected chi connectivity index (χ0v) is 14.1. The first-order valence-electron chi connectivity index (χ1n) is 6.50. The van der Waals surface area contributed by atoms with Crippen molar-refractivity contribution in [3.05, 3.63) is 54.2 Å². The third-order valence-corrected chi connectivity index (χ3v) is 3.72. The fourth-order valence-corrected chi connectivity index (χ4v) is 2.08. The van der Waals surface area contributed by atoms with Gasteiger partial charge in [0.1, 0.15) is 6.04 Å². The number of amides is 1. The minimum atomic E-state index is -0.776. The van der Waals surface area contributed by atoms with Crippen LogP contribution in [-0.2, 0) is 4.79 Å². The van der Waals surface area contributed by atoms with Crippen LogP contribution in [0.15, 0.2) is 39.0 Å². The van der Waals surface area contributed by atoms with Crippen molar-refractivity contribution in [1.82, 2.24) is 20.6 Å². The topological polar surface area (TPSA) is 132 Å². The Balaban J connectivity index is 1.96. The Bertz CT molecular complexity index is 844. The van der Waals surface area contributed by atoms with Gasteiger partial charge in [0, 0.05) is 9.13 Å². The Kier molecular flexibility index (Phi) is 5.62. The van der Waals surface area contributed by atoms with E-state index in [1.54, 1.807) is 0 Å². The van der Waals surface area contributed by atoms with Gasteiger partial charge in [0.25, 0.3) is 11.5 Å². The molecule has 0 saturated heterocycles. The van der Waals surface area contributed by atoms with Crippen molar-refractivity contribution in [2.24, 2.45) is 5.10 Å². The number of aromatic amines is 2. The Morgan fingerprint density at radius 2 is 2.13 bits per heavy atom. The zero-order chi connectivity index (χ0) is 16.8. The highest BCUT2D eigenvalue weighted by atomic mass is 127. The summed E-state index contributed by atoms with van der Waals surface area (Å²) in [6.07, 6.45) is 1.53. The van der Waals surface area contributed by atoms with Crippen molar-refractivity contribution in [2.75, 3.05) is 5.32 Å². The van der Waals surface area contributed by atoms with Crippen LogP contribution in [-0.4, -0.2) is 33.3 Å². The van der Waals surface area contributed by atoms with Crippen molar-refractivity contribution >= 4 is 40.5 Å². The van der Waals surface area contributed by atoms with Gasteiger partial charge in [-0.1, -0.05) is 18.2 Å². The van der Waals surface area contributed by atoms with Crippen molar-refractivity contribution in [2.45, 2.75) is 13.0 Å². The predicted octanol–water partition coefficient (Wildman–Crippen LogP) is 0.0135. The number of rotatable bonds is 5. The van der Waals surface area contributed by atoms with E-state index in [9.17, 15) is 14.4 Å². The van der Waals surface area contributed by atoms with Crippen LogP contribution < -0.4 is 22.0 Å². The average molecular weight is 428 g/mol. The molecule has 4 N–H and O–H groups in total. The van der Waals surface area contributed by atoms with Crippen molar-refractivity contribution in [3.63, 3.8) is 0 Å². The molecule has 0 aliphatic carbocycles. The van der Waals surface area contributed by atoms with Gasteiger partial charge in [-0.05, 0) is 35.6 Å². The summed E-state index contributed by atoms with van der Waals surface area (Å²) in [5.74, 6) is -0.617. The van der Waals surface area contributed by atoms with Gasteiger partial charge in [-0.15, -0.1) is 5.10 Å². The third-order valence-electron chi connectivity index (χ3n) is 2.74. The fraction of sp³-hybridized carbons (Fsp3) is 0.154. The fourth-order valence-electron chi connectivity index (χ4n) is 1.56. The molecule has 2 rings (SSSR count). The maximum atomic E-state index is 11.9. The number of halogens is 1. The highest BCUT2D eigenvalue weighted by molar-refractivity contribution is 14.1. The van der Waals surface area contributed by atoms with Crippen LogP contribution in [0, 0.1) is 3.57 Å². The minimum absolute atomic E-state index is 0.158. The van der Waals surface area contributed by atoms with Gasteiger partial charge in [-0.3, -0.25) is 14.6 Å². The molecule has 9 nitrogen and oxygen atoms in total. The van der Waals surface area contributed by atoms with Gasteiger partial charge in [-0.2, -0.15) is 5.10 Å². The van der Waals surface area contributed by atoms with E-state index >= 15 is 0 Å². The maximum Gasteiger partial charge on any atom is 0.342 e. The average Bonchev–Trinajstić information content (AvgIpc) is 2.51. The summed E-state index contributed by atoms with van der Waals surface area (Å²) < 4.78 is 0.998. The molecule has 0 radical (unpaired) electrons. The monoisotopic (exact) mass is 428 g/mol. The number of carbonyl (C=O) groups excluding carboxylic acids is 1. The summed E-state index contributed by atoms with van der Waals surface area (Å²) >= 11 is 2.16. The van der Waals surface area contributed by atoms with E-state index < -0.39 is 23.2 Å². The van der Waals surface area contributed by atoms with Crippen molar-refractivity contribution in [3.8, 4) is 0 Å². The molecule has 0 spiro atoms. The summed E-state index contributed by atoms with van der Waals surface area (Å²) in [5, 5.41) is 12.1. The second kappa shape index (κ2) is 7.67. The van der Waals surface area contributed by atoms with Crippen LogP contribution in [0.5, 0.6) is 0 Å². The lowest BCUT2D eigenvalue weighted by atomic mass is 10.2. The van der Waals surface area contributed by atoms with Gasteiger partial charge in [0.15, 0.2) is 0 Å². The number of aromatic nitrogens is 3. The van der Waals surface area contributed by atoms with E-state index in [4.69, 9.17) is 0 Å². The number of hydrazone groups is 1. The van der Waals surface area contributed by atoms with Crippen LogP contribution in [0.25, 0.3) is 0 Å². The lowest BCUT2D eigenvalue weighted by Crippen LogP contribution is -2.38. The molecule has 1 amide bonds. The Morgan fingerprint density at radius 3 is 2.83 bits per heavy atom. The largest absolute Gasteiger partial charge is 0.353 e. The van der Waals surface area contributed by atoms with E-state index in [1.807, 2.05) is 29.2 Å². The number of anilines is 1. The third kappa shape index (κ3) is 4.74. The highest BCUT2D eigenvalue weighted by Gasteiger charge is 2.14. The van der Waals surface area contributed by atoms with Crippen LogP contribution in [0.1, 0.15) is 12.5 Å². The molecule has 1 heterocycles. The second-order valence-corrected chi connectivity index (χ2v) is 5.64. The van der Waals surface area contributed by atoms with E-state index in [1.165, 1.54) is 13.1 Å². The van der Waals surface area contributed by atoms with Crippen LogP contribution in [0.3, 0.4) is 0 Å². The van der Waals surface area contributed by atoms with Crippen LogP contribution >= 0.6 is 22.6 Å². The molecule has 0 unspecified atom stereocenters. The number of nitrogens with zero attached hydrogens (tertiary/aromatic N) is 2. The zero-order valence-electron chi connectivity index (χ0n) is 12.0. The number of hydrogen-bond acceptors (Lipinski definition) is 6. The van der Waals surface area contributed by atoms with Gasteiger partial charge in [0.2, 0.25) is 5.82 Å². The van der Waals surface area contributed by atoms with E-state index in [0.717, 1.165) is 9.13 Å². The number of benzene rings is 1. The molecule has 0 bridgehead atoms. The summed E-state index contributed by atoms with van der Waals surface area (Å²) in [6, 6.07) is 6.77. The first kappa shape index (κ1) is 16.9. The van der Waals surface area contributed by atoms with Crippen molar-refractivity contribution in [1.29, 1.82) is 0 Å². The lowest BCUT2D eigenvalue weighted by Gasteiger charge is -2.11. The Labute approximate surface area is 143 Å². The molecule has 1 atom stereocenters. The summed E-state index contributed by atoms with van der Waals surface area (Å²) in [4.78, 5) is 36.2. The smallest absolute Gasteiger partial charge is 0.342 e. The standard InChI is InChI=1S/C13H13IN6O3/c1-7(16-10-12(22)17-13(23)20-18-10)11(21)19-15-6-8-4-2-3-5-9(8)14/h2-7H,1H3,(H,16,18)(H,19,21)(H2,17,20,22,23)/b15-6-/t7-/m1/s1. The maximum absolute atomic E-state index is 11.9. The summed E-state index contributed by atoms with van der Waals surface area (Å²) in [6.45, 7) is 1.53. The summed E-state index contributed by atoms with van der Waals surface area (Å²) in [7, 11) is 0. The van der Waals surface area contributed by atoms with Gasteiger partial charge >= 0.3 is 5.69 Å². The quantitative estimate of drug-likeness (QED) is 0.303. The molecule has 1 aromatic heterocycles. The molecule has 0 saturated carbocycles. The first-order chi connectivity index (χ1) is 11.0. The number of H-pyrrole nitrogens is 2. The minimum Gasteiger partial charge on any atom is -0.353 e. The molecule has 1 aromatic carbocycles. The molecule has 23 heavy (non-hydrogen) atoms. The molecular formula is C13H13IN6O3.